The number of hydrogen-bond donors (Lipinski definition) is 1. The highest BCUT2D eigenvalue weighted by atomic mass is 16.5. The summed E-state index contributed by atoms with van der Waals surface area (Å²) in [6.07, 6.45) is 3.81. The number of benzene rings is 2. The van der Waals surface area contributed by atoms with E-state index < -0.39 is 5.60 Å². The van der Waals surface area contributed by atoms with E-state index in [1.165, 1.54) is 10.8 Å². The number of hydrogen-bond acceptors (Lipinski definition) is 2. The second-order valence-corrected chi connectivity index (χ2v) is 5.46. The lowest BCUT2D eigenvalue weighted by atomic mass is 9.77. The van der Waals surface area contributed by atoms with Gasteiger partial charge in [-0.15, -0.1) is 0 Å². The second kappa shape index (κ2) is 4.95. The van der Waals surface area contributed by atoms with Gasteiger partial charge in [-0.2, -0.15) is 0 Å². The number of rotatable bonds is 2. The number of ether oxygens (including phenoxy) is 1. The van der Waals surface area contributed by atoms with Crippen LogP contribution in [0.4, 0.5) is 0 Å². The van der Waals surface area contributed by atoms with E-state index in [9.17, 15) is 5.11 Å². The fraction of sp³-hybridized carbons (Fsp3) is 0.412. The first-order valence-corrected chi connectivity index (χ1v) is 6.98. The van der Waals surface area contributed by atoms with Gasteiger partial charge in [0.25, 0.3) is 0 Å². The topological polar surface area (TPSA) is 29.5 Å². The van der Waals surface area contributed by atoms with Gasteiger partial charge in [0.15, 0.2) is 0 Å². The van der Waals surface area contributed by atoms with Crippen LogP contribution in [0.3, 0.4) is 0 Å². The Kier molecular flexibility index (Phi) is 3.29. The summed E-state index contributed by atoms with van der Waals surface area (Å²) in [6, 6.07) is 14.5. The molecule has 2 unspecified atom stereocenters. The van der Waals surface area contributed by atoms with Gasteiger partial charge in [0.2, 0.25) is 0 Å². The molecule has 2 nitrogen and oxygen atoms in total. The molecule has 2 atom stereocenters. The Hall–Kier alpha value is -1.38. The molecule has 100 valence electrons. The van der Waals surface area contributed by atoms with Gasteiger partial charge < -0.3 is 9.84 Å². The van der Waals surface area contributed by atoms with E-state index in [1.807, 2.05) is 18.2 Å². The number of methoxy groups -OCH3 is 1. The summed E-state index contributed by atoms with van der Waals surface area (Å²) < 4.78 is 5.52. The standard InChI is InChI=1S/C17H20O2/c1-19-16-8-4-5-11-17(16,18)15-10-9-13-6-2-3-7-14(13)12-15/h2-3,6-7,9-10,12,16,18H,4-5,8,11H2,1H3. The van der Waals surface area contributed by atoms with Gasteiger partial charge in [-0.05, 0) is 35.2 Å². The zero-order valence-electron chi connectivity index (χ0n) is 11.3. The van der Waals surface area contributed by atoms with Crippen LogP contribution in [0, 0.1) is 0 Å². The van der Waals surface area contributed by atoms with E-state index in [2.05, 4.69) is 24.3 Å². The van der Waals surface area contributed by atoms with E-state index in [0.29, 0.717) is 0 Å². The lowest BCUT2D eigenvalue weighted by molar-refractivity contribution is -0.122. The van der Waals surface area contributed by atoms with Crippen molar-refractivity contribution in [2.24, 2.45) is 0 Å². The third-order valence-electron chi connectivity index (χ3n) is 4.34. The highest BCUT2D eigenvalue weighted by Crippen LogP contribution is 2.39. The molecule has 2 aromatic rings. The molecule has 19 heavy (non-hydrogen) atoms. The lowest BCUT2D eigenvalue weighted by Gasteiger charge is -2.39. The van der Waals surface area contributed by atoms with Crippen molar-refractivity contribution in [1.29, 1.82) is 0 Å². The van der Waals surface area contributed by atoms with Gasteiger partial charge >= 0.3 is 0 Å². The van der Waals surface area contributed by atoms with Crippen LogP contribution in [-0.2, 0) is 10.3 Å². The average molecular weight is 256 g/mol. The molecule has 0 spiro atoms. The first-order valence-electron chi connectivity index (χ1n) is 6.98. The Morgan fingerprint density at radius 2 is 1.89 bits per heavy atom. The minimum atomic E-state index is -0.836. The van der Waals surface area contributed by atoms with Crippen molar-refractivity contribution >= 4 is 10.8 Å². The second-order valence-electron chi connectivity index (χ2n) is 5.46. The molecule has 1 saturated carbocycles. The Balaban J connectivity index is 2.06. The minimum Gasteiger partial charge on any atom is -0.382 e. The summed E-state index contributed by atoms with van der Waals surface area (Å²) in [5, 5.41) is 13.4. The minimum absolute atomic E-state index is 0.0950. The van der Waals surface area contributed by atoms with Gasteiger partial charge in [-0.3, -0.25) is 0 Å². The van der Waals surface area contributed by atoms with Crippen LogP contribution < -0.4 is 0 Å². The van der Waals surface area contributed by atoms with E-state index in [4.69, 9.17) is 4.74 Å². The van der Waals surface area contributed by atoms with E-state index in [1.54, 1.807) is 7.11 Å². The first kappa shape index (κ1) is 12.6. The van der Waals surface area contributed by atoms with E-state index in [0.717, 1.165) is 31.2 Å². The summed E-state index contributed by atoms with van der Waals surface area (Å²) in [7, 11) is 1.70. The van der Waals surface area contributed by atoms with Crippen molar-refractivity contribution in [2.45, 2.75) is 37.4 Å². The Morgan fingerprint density at radius 1 is 1.11 bits per heavy atom. The maximum Gasteiger partial charge on any atom is 0.116 e. The van der Waals surface area contributed by atoms with Crippen LogP contribution in [-0.4, -0.2) is 18.3 Å². The zero-order valence-corrected chi connectivity index (χ0v) is 11.3. The molecule has 1 aliphatic rings. The van der Waals surface area contributed by atoms with Crippen molar-refractivity contribution in [1.82, 2.24) is 0 Å². The smallest absolute Gasteiger partial charge is 0.116 e. The van der Waals surface area contributed by atoms with Gasteiger partial charge in [0.1, 0.15) is 5.60 Å². The molecule has 0 heterocycles. The monoisotopic (exact) mass is 256 g/mol. The fourth-order valence-corrected chi connectivity index (χ4v) is 3.23. The SMILES string of the molecule is COC1CCCCC1(O)c1ccc2ccccc2c1. The van der Waals surface area contributed by atoms with Crippen molar-refractivity contribution in [2.75, 3.05) is 7.11 Å². The lowest BCUT2D eigenvalue weighted by Crippen LogP contribution is -2.43. The van der Waals surface area contributed by atoms with Crippen molar-refractivity contribution < 1.29 is 9.84 Å². The van der Waals surface area contributed by atoms with Crippen LogP contribution in [0.25, 0.3) is 10.8 Å². The van der Waals surface area contributed by atoms with Crippen molar-refractivity contribution in [3.63, 3.8) is 0 Å². The highest BCUT2D eigenvalue weighted by Gasteiger charge is 2.40. The summed E-state index contributed by atoms with van der Waals surface area (Å²) in [5.74, 6) is 0. The van der Waals surface area contributed by atoms with Crippen LogP contribution in [0.15, 0.2) is 42.5 Å². The Morgan fingerprint density at radius 3 is 2.68 bits per heavy atom. The summed E-state index contributed by atoms with van der Waals surface area (Å²) in [5.41, 5.74) is 0.148. The first-order chi connectivity index (χ1) is 9.24. The molecule has 1 aliphatic carbocycles. The van der Waals surface area contributed by atoms with Crippen molar-refractivity contribution in [3.05, 3.63) is 48.0 Å². The molecule has 1 N–H and O–H groups in total. The number of aliphatic hydroxyl groups is 1. The predicted molar refractivity (Wildman–Crippen MR) is 77.1 cm³/mol. The quantitative estimate of drug-likeness (QED) is 0.889. The molecule has 0 aromatic heterocycles. The largest absolute Gasteiger partial charge is 0.382 e. The van der Waals surface area contributed by atoms with Crippen LogP contribution in [0.1, 0.15) is 31.2 Å². The molecule has 2 aromatic carbocycles. The van der Waals surface area contributed by atoms with Crippen LogP contribution in [0.5, 0.6) is 0 Å². The number of fused-ring (bicyclic) bond motifs is 1. The van der Waals surface area contributed by atoms with Crippen LogP contribution >= 0.6 is 0 Å². The average Bonchev–Trinajstić information content (AvgIpc) is 2.47. The molecule has 0 radical (unpaired) electrons. The highest BCUT2D eigenvalue weighted by molar-refractivity contribution is 5.83. The normalized spacial score (nSPS) is 27.6. The molecule has 0 amide bonds. The molecular weight excluding hydrogens is 236 g/mol. The molecule has 1 fully saturated rings. The Labute approximate surface area is 114 Å². The molecular formula is C17H20O2. The molecule has 0 saturated heterocycles. The zero-order chi connectivity index (χ0) is 13.3. The van der Waals surface area contributed by atoms with Gasteiger partial charge in [0.05, 0.1) is 6.10 Å². The maximum absolute atomic E-state index is 11.0. The predicted octanol–water partition coefficient (Wildman–Crippen LogP) is 3.62. The maximum atomic E-state index is 11.0. The van der Waals surface area contributed by atoms with Crippen LogP contribution in [0.2, 0.25) is 0 Å². The summed E-state index contributed by atoms with van der Waals surface area (Å²) in [4.78, 5) is 0. The van der Waals surface area contributed by atoms with E-state index in [-0.39, 0.29) is 6.10 Å². The summed E-state index contributed by atoms with van der Waals surface area (Å²) >= 11 is 0. The third kappa shape index (κ3) is 2.15. The van der Waals surface area contributed by atoms with Crippen molar-refractivity contribution in [3.8, 4) is 0 Å². The summed E-state index contributed by atoms with van der Waals surface area (Å²) in [6.45, 7) is 0. The third-order valence-corrected chi connectivity index (χ3v) is 4.34. The van der Waals surface area contributed by atoms with E-state index >= 15 is 0 Å². The molecule has 2 heteroatoms. The van der Waals surface area contributed by atoms with Gasteiger partial charge in [-0.25, -0.2) is 0 Å². The molecule has 3 rings (SSSR count). The van der Waals surface area contributed by atoms with Gasteiger partial charge in [-0.1, -0.05) is 49.2 Å². The molecule has 0 bridgehead atoms. The fourth-order valence-electron chi connectivity index (χ4n) is 3.23. The Bertz CT molecular complexity index is 578. The molecule has 0 aliphatic heterocycles. The van der Waals surface area contributed by atoms with Gasteiger partial charge in [0, 0.05) is 7.11 Å².